The van der Waals surface area contributed by atoms with Gasteiger partial charge in [-0.05, 0) is 38.0 Å². The predicted octanol–water partition coefficient (Wildman–Crippen LogP) is 2.14. The van der Waals surface area contributed by atoms with Crippen LogP contribution in [0.4, 0.5) is 0 Å². The summed E-state index contributed by atoms with van der Waals surface area (Å²) in [7, 11) is 0. The Morgan fingerprint density at radius 3 is 2.65 bits per heavy atom. The van der Waals surface area contributed by atoms with Gasteiger partial charge in [0.05, 0.1) is 12.0 Å². The maximum Gasteiger partial charge on any atom is 0.311 e. The third-order valence-electron chi connectivity index (χ3n) is 4.96. The third-order valence-corrected chi connectivity index (χ3v) is 4.96. The van der Waals surface area contributed by atoms with Gasteiger partial charge in [-0.2, -0.15) is 0 Å². The molecular weight excluding hydrogens is 332 g/mol. The van der Waals surface area contributed by atoms with Gasteiger partial charge in [0.15, 0.2) is 0 Å². The number of aliphatic carboxylic acids is 1. The molecule has 1 aliphatic rings. The second-order valence-electron chi connectivity index (χ2n) is 7.19. The van der Waals surface area contributed by atoms with Crippen LogP contribution in [0.1, 0.15) is 34.8 Å². The Kier molecular flexibility index (Phi) is 4.68. The summed E-state index contributed by atoms with van der Waals surface area (Å²) in [6.07, 6.45) is 2.05. The maximum absolute atomic E-state index is 12.8. The molecular formula is C20H22N2O4. The average Bonchev–Trinajstić information content (AvgIpc) is 3.00. The highest BCUT2D eigenvalue weighted by atomic mass is 16.4. The van der Waals surface area contributed by atoms with Crippen LogP contribution in [0, 0.1) is 12.3 Å². The zero-order valence-electron chi connectivity index (χ0n) is 14.9. The fourth-order valence-electron chi connectivity index (χ4n) is 3.31. The van der Waals surface area contributed by atoms with Crippen LogP contribution >= 0.6 is 0 Å². The molecule has 0 unspecified atom stereocenters. The molecule has 1 N–H and O–H groups in total. The fraction of sp³-hybridized carbons (Fsp3) is 0.350. The number of carbonyl (C=O) groups excluding carboxylic acids is 1. The van der Waals surface area contributed by atoms with Gasteiger partial charge in [0, 0.05) is 19.3 Å². The smallest absolute Gasteiger partial charge is 0.311 e. The molecule has 0 aliphatic carbocycles. The quantitative estimate of drug-likeness (QED) is 0.912. The van der Waals surface area contributed by atoms with Crippen LogP contribution in [0.5, 0.6) is 0 Å². The van der Waals surface area contributed by atoms with Gasteiger partial charge >= 0.3 is 5.97 Å². The first-order valence-electron chi connectivity index (χ1n) is 8.58. The van der Waals surface area contributed by atoms with Crippen LogP contribution in [-0.4, -0.2) is 39.5 Å². The minimum absolute atomic E-state index is 0.0785. The number of pyridine rings is 1. The van der Waals surface area contributed by atoms with Crippen LogP contribution in [0.25, 0.3) is 0 Å². The van der Waals surface area contributed by atoms with Crippen molar-refractivity contribution in [3.05, 3.63) is 69.6 Å². The summed E-state index contributed by atoms with van der Waals surface area (Å²) in [6, 6.07) is 11.0. The molecule has 0 bridgehead atoms. The molecule has 1 atom stereocenters. The Labute approximate surface area is 151 Å². The standard InChI is InChI=1S/C20H22N2O4/c1-14-5-3-6-15(11-14)12-21-9-4-7-16(17(21)23)18(24)22-10-8-20(2,13-22)19(25)26/h3-7,9,11H,8,10,12-13H2,1-2H3,(H,25,26)/t20-/m1/s1. The van der Waals surface area contributed by atoms with E-state index in [1.54, 1.807) is 19.2 Å². The summed E-state index contributed by atoms with van der Waals surface area (Å²) in [5.74, 6) is -1.32. The largest absolute Gasteiger partial charge is 0.481 e. The number of likely N-dealkylation sites (tertiary alicyclic amines) is 1. The van der Waals surface area contributed by atoms with Crippen molar-refractivity contribution in [3.8, 4) is 0 Å². The molecule has 6 nitrogen and oxygen atoms in total. The molecule has 0 spiro atoms. The number of amides is 1. The number of hydrogen-bond donors (Lipinski definition) is 1. The molecule has 136 valence electrons. The lowest BCUT2D eigenvalue weighted by Gasteiger charge is -2.20. The number of carboxylic acid groups (broad SMARTS) is 1. The summed E-state index contributed by atoms with van der Waals surface area (Å²) >= 11 is 0. The van der Waals surface area contributed by atoms with E-state index in [0.717, 1.165) is 11.1 Å². The number of carboxylic acids is 1. The Hall–Kier alpha value is -2.89. The highest BCUT2D eigenvalue weighted by Crippen LogP contribution is 2.30. The van der Waals surface area contributed by atoms with Crippen molar-refractivity contribution in [1.29, 1.82) is 0 Å². The van der Waals surface area contributed by atoms with Crippen LogP contribution in [-0.2, 0) is 11.3 Å². The van der Waals surface area contributed by atoms with Gasteiger partial charge in [0.2, 0.25) is 0 Å². The molecule has 1 saturated heterocycles. The van der Waals surface area contributed by atoms with E-state index >= 15 is 0 Å². The van der Waals surface area contributed by atoms with Crippen molar-refractivity contribution in [1.82, 2.24) is 9.47 Å². The lowest BCUT2D eigenvalue weighted by atomic mass is 9.90. The van der Waals surface area contributed by atoms with E-state index in [-0.39, 0.29) is 17.7 Å². The number of aryl methyl sites for hydroxylation is 1. The summed E-state index contributed by atoms with van der Waals surface area (Å²) in [4.78, 5) is 38.3. The molecule has 1 aromatic carbocycles. The van der Waals surface area contributed by atoms with Gasteiger partial charge in [-0.15, -0.1) is 0 Å². The molecule has 2 heterocycles. The number of benzene rings is 1. The minimum atomic E-state index is -0.953. The normalized spacial score (nSPS) is 19.5. The second-order valence-corrected chi connectivity index (χ2v) is 7.19. The van der Waals surface area contributed by atoms with E-state index < -0.39 is 17.3 Å². The number of carbonyl (C=O) groups is 2. The Balaban J connectivity index is 1.84. The molecule has 3 rings (SSSR count). The SMILES string of the molecule is Cc1cccc(Cn2cccc(C(=O)N3CC[C@@](C)(C(=O)O)C3)c2=O)c1. The minimum Gasteiger partial charge on any atom is -0.481 e. The molecule has 1 aliphatic heterocycles. The molecule has 26 heavy (non-hydrogen) atoms. The van der Waals surface area contributed by atoms with Gasteiger partial charge in [-0.3, -0.25) is 14.4 Å². The zero-order chi connectivity index (χ0) is 18.9. The summed E-state index contributed by atoms with van der Waals surface area (Å²) in [6.45, 7) is 4.46. The van der Waals surface area contributed by atoms with E-state index in [4.69, 9.17) is 0 Å². The van der Waals surface area contributed by atoms with Crippen molar-refractivity contribution in [2.24, 2.45) is 5.41 Å². The fourth-order valence-corrected chi connectivity index (χ4v) is 3.31. The molecule has 1 fully saturated rings. The van der Waals surface area contributed by atoms with Crippen LogP contribution in [0.3, 0.4) is 0 Å². The number of nitrogens with zero attached hydrogens (tertiary/aromatic N) is 2. The lowest BCUT2D eigenvalue weighted by molar-refractivity contribution is -0.147. The van der Waals surface area contributed by atoms with Crippen LogP contribution in [0.2, 0.25) is 0 Å². The highest BCUT2D eigenvalue weighted by molar-refractivity contribution is 5.94. The van der Waals surface area contributed by atoms with Gasteiger partial charge in [-0.25, -0.2) is 0 Å². The molecule has 2 aromatic rings. The van der Waals surface area contributed by atoms with Crippen molar-refractivity contribution in [3.63, 3.8) is 0 Å². The van der Waals surface area contributed by atoms with Gasteiger partial charge in [0.1, 0.15) is 5.56 Å². The lowest BCUT2D eigenvalue weighted by Crippen LogP contribution is -2.38. The monoisotopic (exact) mass is 354 g/mol. The Morgan fingerprint density at radius 1 is 1.23 bits per heavy atom. The van der Waals surface area contributed by atoms with Crippen molar-refractivity contribution in [2.75, 3.05) is 13.1 Å². The van der Waals surface area contributed by atoms with Gasteiger partial charge in [-0.1, -0.05) is 29.8 Å². The number of rotatable bonds is 4. The summed E-state index contributed by atoms with van der Waals surface area (Å²) in [5, 5.41) is 9.32. The van der Waals surface area contributed by atoms with E-state index in [9.17, 15) is 19.5 Å². The molecule has 6 heteroatoms. The van der Waals surface area contributed by atoms with Crippen molar-refractivity contribution < 1.29 is 14.7 Å². The molecule has 1 amide bonds. The highest BCUT2D eigenvalue weighted by Gasteiger charge is 2.42. The summed E-state index contributed by atoms with van der Waals surface area (Å²) in [5.41, 5.74) is 0.854. The first-order chi connectivity index (χ1) is 12.3. The van der Waals surface area contributed by atoms with E-state index in [0.29, 0.717) is 19.5 Å². The Bertz CT molecular complexity index is 918. The van der Waals surface area contributed by atoms with Crippen molar-refractivity contribution >= 4 is 11.9 Å². The third kappa shape index (κ3) is 3.40. The van der Waals surface area contributed by atoms with E-state index in [2.05, 4.69) is 0 Å². The first kappa shape index (κ1) is 17.9. The average molecular weight is 354 g/mol. The zero-order valence-corrected chi connectivity index (χ0v) is 14.9. The van der Waals surface area contributed by atoms with Gasteiger partial charge < -0.3 is 14.6 Å². The van der Waals surface area contributed by atoms with Crippen LogP contribution in [0.15, 0.2) is 47.4 Å². The van der Waals surface area contributed by atoms with Gasteiger partial charge in [0.25, 0.3) is 11.5 Å². The number of aromatic nitrogens is 1. The summed E-state index contributed by atoms with van der Waals surface area (Å²) < 4.78 is 1.51. The van der Waals surface area contributed by atoms with Crippen molar-refractivity contribution in [2.45, 2.75) is 26.8 Å². The van der Waals surface area contributed by atoms with E-state index in [1.165, 1.54) is 15.5 Å². The van der Waals surface area contributed by atoms with E-state index in [1.807, 2.05) is 31.2 Å². The Morgan fingerprint density at radius 2 is 2.00 bits per heavy atom. The molecule has 0 saturated carbocycles. The predicted molar refractivity (Wildman–Crippen MR) is 97.2 cm³/mol. The number of hydrogen-bond acceptors (Lipinski definition) is 3. The molecule has 1 aromatic heterocycles. The van der Waals surface area contributed by atoms with Crippen LogP contribution < -0.4 is 5.56 Å². The topological polar surface area (TPSA) is 79.6 Å². The molecule has 0 radical (unpaired) electrons. The maximum atomic E-state index is 12.8. The first-order valence-corrected chi connectivity index (χ1v) is 8.58. The second kappa shape index (κ2) is 6.78.